The fourth-order valence-electron chi connectivity index (χ4n) is 0. The van der Waals surface area contributed by atoms with Gasteiger partial charge in [0.1, 0.15) is 0 Å². The second-order valence-electron chi connectivity index (χ2n) is 0.283. The Hall–Kier alpha value is 0.230. The summed E-state index contributed by atoms with van der Waals surface area (Å²) in [6.07, 6.45) is -1.83. The average Bonchev–Trinajstić information content (AvgIpc) is 0.811. The summed E-state index contributed by atoms with van der Waals surface area (Å²) in [5, 5.41) is 13.9. The molecule has 0 aromatic carbocycles. The van der Waals surface area contributed by atoms with Crippen molar-refractivity contribution in [3.63, 3.8) is 0 Å². The number of hydrogen-bond donors (Lipinski definition) is 3. The van der Waals surface area contributed by atoms with Crippen LogP contribution >= 0.6 is 0 Å². The van der Waals surface area contributed by atoms with Crippen LogP contribution in [0.25, 0.3) is 0 Å². The van der Waals surface area contributed by atoms with Crippen LogP contribution in [0.4, 0.5) is 4.79 Å². The number of rotatable bonds is 0. The van der Waals surface area contributed by atoms with Gasteiger partial charge >= 0.3 is 35.7 Å². The monoisotopic (exact) mass is 105 g/mol. The van der Waals surface area contributed by atoms with E-state index >= 15 is 0 Å². The molecule has 0 spiro atoms. The van der Waals surface area contributed by atoms with Gasteiger partial charge in [0, 0.05) is 1.43 Å². The third kappa shape index (κ3) is 834. The van der Waals surface area contributed by atoms with Crippen molar-refractivity contribution < 1.29 is 47.4 Å². The van der Waals surface area contributed by atoms with Crippen LogP contribution in [0, 0.1) is 0 Å². The maximum atomic E-state index is 8.56. The average molecular weight is 105 g/mol. The van der Waals surface area contributed by atoms with E-state index in [0.29, 0.717) is 0 Å². The van der Waals surface area contributed by atoms with Gasteiger partial charge in [0.15, 0.2) is 0 Å². The molecule has 6 heavy (non-hydrogen) atoms. The summed E-state index contributed by atoms with van der Waals surface area (Å²) in [5.41, 5.74) is 0. The minimum Gasteiger partial charge on any atom is -1.00 e. The molecule has 0 heterocycles. The fourth-order valence-corrected chi connectivity index (χ4v) is 0. The van der Waals surface area contributed by atoms with Gasteiger partial charge in [-0.05, 0) is 0 Å². The third-order valence-corrected chi connectivity index (χ3v) is 0. The van der Waals surface area contributed by atoms with Crippen LogP contribution in [0.3, 0.4) is 0 Å². The van der Waals surface area contributed by atoms with Gasteiger partial charge in [-0.25, -0.2) is 4.79 Å². The van der Waals surface area contributed by atoms with E-state index < -0.39 is 6.16 Å². The molecule has 4 nitrogen and oxygen atoms in total. The van der Waals surface area contributed by atoms with Crippen molar-refractivity contribution in [2.24, 2.45) is 0 Å². The van der Waals surface area contributed by atoms with Crippen LogP contribution in [-0.4, -0.2) is 16.4 Å². The first-order valence-electron chi connectivity index (χ1n) is 0.651. The molecule has 0 amide bonds. The van der Waals surface area contributed by atoms with Crippen molar-refractivity contribution in [3.8, 4) is 0 Å². The molecule has 0 unspecified atom stereocenters. The van der Waals surface area contributed by atoms with Gasteiger partial charge in [0.2, 0.25) is 0 Å². The molecule has 0 atom stereocenters. The van der Waals surface area contributed by atoms with E-state index in [1.54, 1.807) is 0 Å². The molecule has 0 saturated carbocycles. The van der Waals surface area contributed by atoms with Crippen molar-refractivity contribution in [1.82, 2.24) is 6.15 Å². The molecule has 0 aromatic heterocycles. The Morgan fingerprint density at radius 2 is 1.67 bits per heavy atom. The van der Waals surface area contributed by atoms with Gasteiger partial charge in [-0.2, -0.15) is 0 Å². The minimum atomic E-state index is -1.83. The quantitative estimate of drug-likeness (QED) is 0.303. The van der Waals surface area contributed by atoms with E-state index in [-0.39, 0.29) is 38.6 Å². The Labute approximate surface area is 60.0 Å². The zero-order valence-electron chi connectivity index (χ0n) is 4.51. The first kappa shape index (κ1) is 16.3. The molecular weight excluding hydrogens is 97.0 g/mol. The Balaban J connectivity index is -0.00000000750. The maximum absolute atomic E-state index is 8.56. The fraction of sp³-hybridized carbons (Fsp3) is 0. The van der Waals surface area contributed by atoms with E-state index in [2.05, 4.69) is 0 Å². The van der Waals surface area contributed by atoms with Gasteiger partial charge in [0.25, 0.3) is 0 Å². The number of hydrogen-bond acceptors (Lipinski definition) is 2. The molecule has 0 aliphatic rings. The SMILES string of the molecule is N.O=C(O)O.[H-].[HH].[Na+]. The predicted molar refractivity (Wildman–Crippen MR) is 18.9 cm³/mol. The third-order valence-electron chi connectivity index (χ3n) is 0. The molecule has 0 aromatic rings. The molecule has 0 saturated heterocycles. The van der Waals surface area contributed by atoms with Crippen LogP contribution in [0.5, 0.6) is 0 Å². The van der Waals surface area contributed by atoms with E-state index in [9.17, 15) is 0 Å². The molecule has 5 N–H and O–H groups in total. The topological polar surface area (TPSA) is 92.5 Å². The summed E-state index contributed by atoms with van der Waals surface area (Å²) in [7, 11) is 0. The second-order valence-corrected chi connectivity index (χ2v) is 0.283. The van der Waals surface area contributed by atoms with Crippen LogP contribution in [0.15, 0.2) is 0 Å². The summed E-state index contributed by atoms with van der Waals surface area (Å²) < 4.78 is 0. The number of carboxylic acid groups (broad SMARTS) is 2. The Bertz CT molecular complexity index is 40.3. The van der Waals surface area contributed by atoms with Crippen molar-refractivity contribution in [1.29, 1.82) is 0 Å². The molecule has 0 fully saturated rings. The zero-order valence-corrected chi connectivity index (χ0v) is 5.51. The van der Waals surface area contributed by atoms with Crippen molar-refractivity contribution in [2.45, 2.75) is 0 Å². The van der Waals surface area contributed by atoms with Crippen molar-refractivity contribution in [2.75, 3.05) is 0 Å². The number of carbonyl (C=O) groups is 1. The summed E-state index contributed by atoms with van der Waals surface area (Å²) >= 11 is 0. The Morgan fingerprint density at radius 1 is 1.67 bits per heavy atom. The first-order chi connectivity index (χ1) is 1.73. The maximum Gasteiger partial charge on any atom is 1.00 e. The largest absolute Gasteiger partial charge is 1.00 e. The van der Waals surface area contributed by atoms with Crippen molar-refractivity contribution in [3.05, 3.63) is 0 Å². The molecule has 0 radical (unpaired) electrons. The molecule has 0 rings (SSSR count). The first-order valence-corrected chi connectivity index (χ1v) is 0.651. The van der Waals surface area contributed by atoms with E-state index in [1.165, 1.54) is 0 Å². The van der Waals surface area contributed by atoms with Crippen molar-refractivity contribution >= 4 is 6.16 Å². The molecule has 5 heteroatoms. The van der Waals surface area contributed by atoms with Crippen LogP contribution < -0.4 is 35.7 Å². The van der Waals surface area contributed by atoms with Crippen LogP contribution in [0.2, 0.25) is 0 Å². The smallest absolute Gasteiger partial charge is 1.00 e. The standard InChI is InChI=1S/CH2O3.H3N.Na.H2.H/c2-1(3)4;;;;/h(H2,2,3,4);1H3;;1H;/q;;+1;;-1. The summed E-state index contributed by atoms with van der Waals surface area (Å²) in [6, 6.07) is 0. The van der Waals surface area contributed by atoms with Gasteiger partial charge in [0.05, 0.1) is 0 Å². The van der Waals surface area contributed by atoms with Gasteiger partial charge in [-0.15, -0.1) is 0 Å². The van der Waals surface area contributed by atoms with Gasteiger partial charge in [-0.3, -0.25) is 0 Å². The molecule has 36 valence electrons. The molecule has 0 aliphatic heterocycles. The predicted octanol–water partition coefficient (Wildman–Crippen LogP) is -2.25. The summed E-state index contributed by atoms with van der Waals surface area (Å²) in [5.74, 6) is 0. The zero-order chi connectivity index (χ0) is 3.58. The normalized spacial score (nSPS) is 4.00. The Morgan fingerprint density at radius 3 is 1.67 bits per heavy atom. The van der Waals surface area contributed by atoms with E-state index in [1.807, 2.05) is 0 Å². The molecule has 0 aliphatic carbocycles. The second kappa shape index (κ2) is 8.97. The van der Waals surface area contributed by atoms with Gasteiger partial charge in [-0.1, -0.05) is 0 Å². The van der Waals surface area contributed by atoms with Crippen LogP contribution in [0.1, 0.15) is 2.85 Å². The minimum absolute atomic E-state index is 0. The van der Waals surface area contributed by atoms with E-state index in [0.717, 1.165) is 0 Å². The van der Waals surface area contributed by atoms with Gasteiger partial charge < -0.3 is 17.8 Å². The molecular formula is CH8NNaO3. The van der Waals surface area contributed by atoms with E-state index in [4.69, 9.17) is 15.0 Å². The summed E-state index contributed by atoms with van der Waals surface area (Å²) in [6.45, 7) is 0. The van der Waals surface area contributed by atoms with Crippen LogP contribution in [-0.2, 0) is 0 Å². The summed E-state index contributed by atoms with van der Waals surface area (Å²) in [4.78, 5) is 8.56. The Kier molecular flexibility index (Phi) is 24.4. The molecule has 0 bridgehead atoms.